The van der Waals surface area contributed by atoms with E-state index in [0.29, 0.717) is 48.8 Å². The number of carboxylic acids is 1. The molecule has 236 valence electrons. The van der Waals surface area contributed by atoms with Gasteiger partial charge in [-0.1, -0.05) is 23.7 Å². The number of rotatable bonds is 7. The number of aliphatic carboxylic acids is 1. The molecule has 0 unspecified atom stereocenters. The molecule has 1 aliphatic heterocycles. The molecule has 2 aromatic heterocycles. The highest BCUT2D eigenvalue weighted by atomic mass is 35.5. The van der Waals surface area contributed by atoms with Gasteiger partial charge in [-0.05, 0) is 67.3 Å². The van der Waals surface area contributed by atoms with E-state index in [1.54, 1.807) is 30.0 Å². The Hall–Kier alpha value is -4.39. The summed E-state index contributed by atoms with van der Waals surface area (Å²) < 4.78 is 86.1. The van der Waals surface area contributed by atoms with Crippen molar-refractivity contribution >= 4 is 23.5 Å². The summed E-state index contributed by atoms with van der Waals surface area (Å²) in [6.07, 6.45) is -6.30. The molecule has 0 bridgehead atoms. The van der Waals surface area contributed by atoms with Crippen LogP contribution in [-0.2, 0) is 23.8 Å². The van der Waals surface area contributed by atoms with Crippen LogP contribution in [0.15, 0.2) is 60.9 Å². The van der Waals surface area contributed by atoms with Crippen molar-refractivity contribution in [3.05, 3.63) is 88.2 Å². The minimum atomic E-state index is -4.62. The van der Waals surface area contributed by atoms with Crippen molar-refractivity contribution in [3.63, 3.8) is 0 Å². The molecule has 7 nitrogen and oxygen atoms in total. The summed E-state index contributed by atoms with van der Waals surface area (Å²) in [7, 11) is 0. The van der Waals surface area contributed by atoms with Crippen LogP contribution >= 0.6 is 11.6 Å². The second-order valence-corrected chi connectivity index (χ2v) is 10.9. The van der Waals surface area contributed by atoms with E-state index in [-0.39, 0.29) is 40.3 Å². The molecule has 1 saturated heterocycles. The number of alkyl halides is 6. The second kappa shape index (κ2) is 12.5. The molecule has 0 saturated carbocycles. The summed E-state index contributed by atoms with van der Waals surface area (Å²) in [6, 6.07) is 10.3. The van der Waals surface area contributed by atoms with Crippen LogP contribution in [0.4, 0.5) is 32.3 Å². The topological polar surface area (TPSA) is 88.4 Å². The fourth-order valence-electron chi connectivity index (χ4n) is 4.98. The van der Waals surface area contributed by atoms with Crippen LogP contribution in [0.3, 0.4) is 0 Å². The number of nitrogens with zero attached hydrogens (tertiary/aromatic N) is 4. The maximum absolute atomic E-state index is 13.7. The number of carbonyl (C=O) groups is 1. The lowest BCUT2D eigenvalue weighted by Gasteiger charge is -2.30. The molecule has 3 heterocycles. The SMILES string of the molecule is Cc1cc(-c2ncc(C(F)(F)F)cc2Cl)ccc1COc1ccc(C(F)(F)F)cc1-c1ccnc(N2CCC(C(=O)O)CC2)n1. The van der Waals surface area contributed by atoms with Gasteiger partial charge in [-0.3, -0.25) is 9.78 Å². The number of hydrogen-bond donors (Lipinski definition) is 1. The van der Waals surface area contributed by atoms with Crippen LogP contribution in [0.2, 0.25) is 5.02 Å². The summed E-state index contributed by atoms with van der Waals surface area (Å²) in [5.74, 6) is -0.955. The number of anilines is 1. The van der Waals surface area contributed by atoms with Gasteiger partial charge in [-0.15, -0.1) is 0 Å². The Balaban J connectivity index is 1.40. The van der Waals surface area contributed by atoms with Gasteiger partial charge in [0.15, 0.2) is 0 Å². The highest BCUT2D eigenvalue weighted by molar-refractivity contribution is 6.33. The van der Waals surface area contributed by atoms with E-state index in [2.05, 4.69) is 15.0 Å². The highest BCUT2D eigenvalue weighted by Gasteiger charge is 2.33. The van der Waals surface area contributed by atoms with Crippen molar-refractivity contribution in [2.24, 2.45) is 5.92 Å². The first-order valence-corrected chi connectivity index (χ1v) is 14.1. The first-order chi connectivity index (χ1) is 21.2. The van der Waals surface area contributed by atoms with Crippen LogP contribution in [0.5, 0.6) is 5.75 Å². The Morgan fingerprint density at radius 2 is 1.69 bits per heavy atom. The number of ether oxygens (including phenoxy) is 1. The van der Waals surface area contributed by atoms with Gasteiger partial charge < -0.3 is 14.7 Å². The third-order valence-corrected chi connectivity index (χ3v) is 7.81. The van der Waals surface area contributed by atoms with Crippen molar-refractivity contribution < 1.29 is 41.0 Å². The van der Waals surface area contributed by atoms with Crippen molar-refractivity contribution in [1.82, 2.24) is 15.0 Å². The lowest BCUT2D eigenvalue weighted by atomic mass is 9.97. The van der Waals surface area contributed by atoms with E-state index in [1.807, 2.05) is 0 Å². The van der Waals surface area contributed by atoms with Gasteiger partial charge >= 0.3 is 18.3 Å². The zero-order chi connectivity index (χ0) is 32.5. The molecule has 1 N–H and O–H groups in total. The molecule has 0 aliphatic carbocycles. The maximum atomic E-state index is 13.7. The fraction of sp³-hybridized carbons (Fsp3) is 0.290. The molecule has 4 aromatic rings. The van der Waals surface area contributed by atoms with Gasteiger partial charge in [0.05, 0.1) is 33.5 Å². The Bertz CT molecular complexity index is 1720. The summed E-state index contributed by atoms with van der Waals surface area (Å²) in [4.78, 5) is 25.7. The van der Waals surface area contributed by atoms with Gasteiger partial charge in [0, 0.05) is 36.6 Å². The fourth-order valence-corrected chi connectivity index (χ4v) is 5.25. The number of aryl methyl sites for hydroxylation is 1. The molecule has 14 heteroatoms. The van der Waals surface area contributed by atoms with Crippen LogP contribution in [0.1, 0.15) is 35.1 Å². The molecule has 1 fully saturated rings. The Morgan fingerprint density at radius 3 is 2.31 bits per heavy atom. The van der Waals surface area contributed by atoms with E-state index in [0.717, 1.165) is 18.2 Å². The predicted octanol–water partition coefficient (Wildman–Crippen LogP) is 8.09. The Morgan fingerprint density at radius 1 is 0.978 bits per heavy atom. The van der Waals surface area contributed by atoms with Crippen molar-refractivity contribution in [2.45, 2.75) is 38.7 Å². The van der Waals surface area contributed by atoms with Gasteiger partial charge in [-0.2, -0.15) is 26.3 Å². The summed E-state index contributed by atoms with van der Waals surface area (Å²) in [6.45, 7) is 2.47. The number of benzene rings is 2. The lowest BCUT2D eigenvalue weighted by Crippen LogP contribution is -2.37. The average molecular weight is 651 g/mol. The molecule has 0 amide bonds. The molecular formula is C31H25ClF6N4O3. The molecule has 0 spiro atoms. The molecule has 0 atom stereocenters. The molecule has 45 heavy (non-hydrogen) atoms. The molecular weight excluding hydrogens is 626 g/mol. The second-order valence-electron chi connectivity index (χ2n) is 10.5. The molecule has 2 aromatic carbocycles. The van der Waals surface area contributed by atoms with E-state index < -0.39 is 35.4 Å². The van der Waals surface area contributed by atoms with Crippen LogP contribution in [-0.4, -0.2) is 39.1 Å². The molecule has 1 aliphatic rings. The third kappa shape index (κ3) is 7.30. The van der Waals surface area contributed by atoms with Crippen molar-refractivity contribution in [2.75, 3.05) is 18.0 Å². The molecule has 0 radical (unpaired) electrons. The van der Waals surface area contributed by atoms with Gasteiger partial charge in [0.25, 0.3) is 0 Å². The minimum Gasteiger partial charge on any atom is -0.488 e. The first kappa shape index (κ1) is 32.0. The molecule has 5 rings (SSSR count). The summed E-state index contributed by atoms with van der Waals surface area (Å²) in [5, 5.41) is 9.10. The van der Waals surface area contributed by atoms with Crippen LogP contribution < -0.4 is 9.64 Å². The highest BCUT2D eigenvalue weighted by Crippen LogP contribution is 2.38. The normalized spacial score (nSPS) is 14.4. The number of carboxylic acid groups (broad SMARTS) is 1. The number of piperidine rings is 1. The summed E-state index contributed by atoms with van der Waals surface area (Å²) in [5.41, 5.74) is 0.409. The van der Waals surface area contributed by atoms with Crippen molar-refractivity contribution in [1.29, 1.82) is 0 Å². The van der Waals surface area contributed by atoms with E-state index in [1.165, 1.54) is 18.3 Å². The van der Waals surface area contributed by atoms with Gasteiger partial charge in [0.2, 0.25) is 5.95 Å². The largest absolute Gasteiger partial charge is 0.488 e. The van der Waals surface area contributed by atoms with Gasteiger partial charge in [0.1, 0.15) is 12.4 Å². The third-order valence-electron chi connectivity index (χ3n) is 7.52. The van der Waals surface area contributed by atoms with Gasteiger partial charge in [-0.25, -0.2) is 9.97 Å². The van der Waals surface area contributed by atoms with Crippen molar-refractivity contribution in [3.8, 4) is 28.3 Å². The minimum absolute atomic E-state index is 0.0424. The monoisotopic (exact) mass is 650 g/mol. The zero-order valence-corrected chi connectivity index (χ0v) is 24.3. The number of pyridine rings is 1. The average Bonchev–Trinajstić information content (AvgIpc) is 2.99. The first-order valence-electron chi connectivity index (χ1n) is 13.7. The van der Waals surface area contributed by atoms with E-state index in [4.69, 9.17) is 16.3 Å². The Labute approximate surface area is 258 Å². The zero-order valence-electron chi connectivity index (χ0n) is 23.6. The number of aromatic nitrogens is 3. The van der Waals surface area contributed by atoms with Crippen LogP contribution in [0.25, 0.3) is 22.5 Å². The quantitative estimate of drug-likeness (QED) is 0.202. The predicted molar refractivity (Wildman–Crippen MR) is 154 cm³/mol. The van der Waals surface area contributed by atoms with E-state index in [9.17, 15) is 36.2 Å². The Kier molecular flexibility index (Phi) is 8.92. The van der Waals surface area contributed by atoms with E-state index >= 15 is 0 Å². The summed E-state index contributed by atoms with van der Waals surface area (Å²) >= 11 is 6.10. The maximum Gasteiger partial charge on any atom is 0.417 e. The number of halogens is 7. The smallest absolute Gasteiger partial charge is 0.417 e. The lowest BCUT2D eigenvalue weighted by molar-refractivity contribution is -0.142. The standard InChI is InChI=1S/C31H25ClF6N4O3/c1-17-12-19(27-24(32)14-22(15-40-27)31(36,37)38)2-3-20(17)16-45-26-5-4-21(30(33,34)35)13-23(26)25-6-9-39-29(41-25)42-10-7-18(8-11-42)28(43)44/h2-6,9,12-15,18H,7-8,10-11,16H2,1H3,(H,43,44). The number of hydrogen-bond acceptors (Lipinski definition) is 6. The van der Waals surface area contributed by atoms with Crippen LogP contribution in [0, 0.1) is 12.8 Å².